The largest absolute Gasteiger partial charge is 0.352 e. The molecule has 35 heavy (non-hydrogen) atoms. The summed E-state index contributed by atoms with van der Waals surface area (Å²) in [6.45, 7) is 5.66. The van der Waals surface area contributed by atoms with Crippen LogP contribution in [0.4, 0.5) is 0 Å². The lowest BCUT2D eigenvalue weighted by molar-refractivity contribution is -0.141. The minimum Gasteiger partial charge on any atom is -0.352 e. The molecule has 0 aliphatic carbocycles. The molecule has 0 aromatic heterocycles. The first-order chi connectivity index (χ1) is 16.6. The van der Waals surface area contributed by atoms with Gasteiger partial charge in [0.1, 0.15) is 10.9 Å². The third-order valence-corrected chi connectivity index (χ3v) is 8.47. The van der Waals surface area contributed by atoms with Crippen LogP contribution in [0.3, 0.4) is 0 Å². The molecule has 2 aromatic carbocycles. The maximum absolute atomic E-state index is 13.2. The highest BCUT2D eigenvalue weighted by atomic mass is 79.9. The van der Waals surface area contributed by atoms with Crippen molar-refractivity contribution in [3.05, 3.63) is 64.1 Å². The van der Waals surface area contributed by atoms with Crippen LogP contribution < -0.4 is 5.32 Å². The molecule has 3 amide bonds. The fraction of sp³-hybridized carbons (Fsp3) is 0.400. The lowest BCUT2D eigenvalue weighted by atomic mass is 10.1. The Labute approximate surface area is 214 Å². The van der Waals surface area contributed by atoms with E-state index in [4.69, 9.17) is 0 Å². The number of hydrogen-bond donors (Lipinski definition) is 1. The van der Waals surface area contributed by atoms with E-state index in [-0.39, 0.29) is 54.2 Å². The summed E-state index contributed by atoms with van der Waals surface area (Å²) in [5, 5.41) is 2.91. The Morgan fingerprint density at radius 3 is 2.37 bits per heavy atom. The number of fused-ring (bicyclic) bond motifs is 1. The molecule has 0 radical (unpaired) electrons. The first kappa shape index (κ1) is 26.9. The summed E-state index contributed by atoms with van der Waals surface area (Å²) in [6, 6.07) is 12.8. The smallest absolute Gasteiger partial charge is 0.269 e. The van der Waals surface area contributed by atoms with Crippen molar-refractivity contribution in [2.45, 2.75) is 63.6 Å². The van der Waals surface area contributed by atoms with Crippen LogP contribution in [-0.4, -0.2) is 54.0 Å². The fourth-order valence-corrected chi connectivity index (χ4v) is 5.68. The second-order valence-corrected chi connectivity index (χ2v) is 11.4. The lowest BCUT2D eigenvalue weighted by Crippen LogP contribution is -2.49. The van der Waals surface area contributed by atoms with Gasteiger partial charge in [0.2, 0.25) is 11.8 Å². The topological polar surface area (TPSA) is 104 Å². The summed E-state index contributed by atoms with van der Waals surface area (Å²) in [4.78, 5) is 40.1. The number of hydrogen-bond acceptors (Lipinski definition) is 5. The molecule has 2 aromatic rings. The maximum atomic E-state index is 13.2. The van der Waals surface area contributed by atoms with Crippen molar-refractivity contribution in [1.82, 2.24) is 14.5 Å². The standard InChI is InChI=1S/C25H30BrN3O5S/c1-4-17(2)27-24(31)18(3)28(16-19-11-13-20(26)14-12-19)23(30)10-7-15-29-25(32)21-8-5-6-9-22(21)35(29,33)34/h5-6,8-9,11-14,17-18H,4,7,10,15-16H2,1-3H3,(H,27,31). The number of benzene rings is 2. The molecule has 1 heterocycles. The van der Waals surface area contributed by atoms with Gasteiger partial charge in [-0.05, 0) is 56.5 Å². The van der Waals surface area contributed by atoms with Crippen molar-refractivity contribution >= 4 is 43.7 Å². The van der Waals surface area contributed by atoms with E-state index < -0.39 is 22.0 Å². The average Bonchev–Trinajstić information content (AvgIpc) is 3.03. The van der Waals surface area contributed by atoms with Gasteiger partial charge in [-0.1, -0.05) is 47.1 Å². The number of halogens is 1. The SMILES string of the molecule is CCC(C)NC(=O)C(C)N(Cc1ccc(Br)cc1)C(=O)CCCN1C(=O)c2ccccc2S1(=O)=O. The highest BCUT2D eigenvalue weighted by Crippen LogP contribution is 2.30. The van der Waals surface area contributed by atoms with Gasteiger partial charge in [0.05, 0.1) is 5.56 Å². The zero-order chi connectivity index (χ0) is 25.8. The fourth-order valence-electron chi connectivity index (χ4n) is 3.80. The van der Waals surface area contributed by atoms with Gasteiger partial charge in [0.15, 0.2) is 0 Å². The van der Waals surface area contributed by atoms with Crippen LogP contribution in [0.15, 0.2) is 57.9 Å². The van der Waals surface area contributed by atoms with Gasteiger partial charge >= 0.3 is 0 Å². The first-order valence-corrected chi connectivity index (χ1v) is 13.8. The highest BCUT2D eigenvalue weighted by Gasteiger charge is 2.40. The zero-order valence-electron chi connectivity index (χ0n) is 20.0. The molecular weight excluding hydrogens is 534 g/mol. The molecule has 3 rings (SSSR count). The monoisotopic (exact) mass is 563 g/mol. The van der Waals surface area contributed by atoms with E-state index in [9.17, 15) is 22.8 Å². The molecule has 1 aliphatic heterocycles. The molecular formula is C25H30BrN3O5S. The van der Waals surface area contributed by atoms with E-state index in [0.717, 1.165) is 20.8 Å². The molecule has 1 N–H and O–H groups in total. The quantitative estimate of drug-likeness (QED) is 0.474. The minimum absolute atomic E-state index is 0.00682. The van der Waals surface area contributed by atoms with Gasteiger partial charge in [0, 0.05) is 30.0 Å². The van der Waals surface area contributed by atoms with Crippen LogP contribution in [0, 0.1) is 0 Å². The van der Waals surface area contributed by atoms with E-state index in [0.29, 0.717) is 0 Å². The molecule has 2 atom stereocenters. The summed E-state index contributed by atoms with van der Waals surface area (Å²) in [6.07, 6.45) is 0.904. The number of nitrogens with one attached hydrogen (secondary N) is 1. The van der Waals surface area contributed by atoms with Gasteiger partial charge in [-0.2, -0.15) is 0 Å². The number of sulfonamides is 1. The van der Waals surface area contributed by atoms with Gasteiger partial charge < -0.3 is 10.2 Å². The van der Waals surface area contributed by atoms with Gasteiger partial charge in [0.25, 0.3) is 15.9 Å². The second-order valence-electron chi connectivity index (χ2n) is 8.62. The number of nitrogens with zero attached hydrogens (tertiary/aromatic N) is 2. The Bertz CT molecular complexity index is 1200. The summed E-state index contributed by atoms with van der Waals surface area (Å²) in [5.41, 5.74) is 1.00. The maximum Gasteiger partial charge on any atom is 0.269 e. The molecule has 2 unspecified atom stereocenters. The Kier molecular flexibility index (Phi) is 8.71. The molecule has 0 saturated heterocycles. The Hall–Kier alpha value is -2.72. The lowest BCUT2D eigenvalue weighted by Gasteiger charge is -2.30. The molecule has 10 heteroatoms. The van der Waals surface area contributed by atoms with Gasteiger partial charge in [-0.3, -0.25) is 14.4 Å². The Balaban J connectivity index is 1.71. The van der Waals surface area contributed by atoms with Crippen LogP contribution in [-0.2, 0) is 26.2 Å². The van der Waals surface area contributed by atoms with E-state index in [1.54, 1.807) is 19.1 Å². The predicted molar refractivity (Wildman–Crippen MR) is 136 cm³/mol. The van der Waals surface area contributed by atoms with Gasteiger partial charge in [-0.15, -0.1) is 0 Å². The van der Waals surface area contributed by atoms with Crippen LogP contribution in [0.5, 0.6) is 0 Å². The number of carbonyl (C=O) groups is 3. The van der Waals surface area contributed by atoms with E-state index in [2.05, 4.69) is 21.2 Å². The summed E-state index contributed by atoms with van der Waals surface area (Å²) in [7, 11) is -3.92. The number of amides is 3. The third kappa shape index (κ3) is 6.10. The molecule has 0 spiro atoms. The normalized spacial score (nSPS) is 15.9. The van der Waals surface area contributed by atoms with Crippen molar-refractivity contribution in [2.24, 2.45) is 0 Å². The number of rotatable bonds is 10. The van der Waals surface area contributed by atoms with E-state index in [1.807, 2.05) is 38.1 Å². The van der Waals surface area contributed by atoms with E-state index >= 15 is 0 Å². The van der Waals surface area contributed by atoms with Gasteiger partial charge in [-0.25, -0.2) is 12.7 Å². The van der Waals surface area contributed by atoms with E-state index in [1.165, 1.54) is 17.0 Å². The van der Waals surface area contributed by atoms with Crippen molar-refractivity contribution in [2.75, 3.05) is 6.54 Å². The molecule has 8 nitrogen and oxygen atoms in total. The van der Waals surface area contributed by atoms with Crippen LogP contribution in [0.25, 0.3) is 0 Å². The number of carbonyl (C=O) groups excluding carboxylic acids is 3. The Morgan fingerprint density at radius 2 is 1.74 bits per heavy atom. The molecule has 1 aliphatic rings. The first-order valence-electron chi connectivity index (χ1n) is 11.6. The van der Waals surface area contributed by atoms with Crippen molar-refractivity contribution in [1.29, 1.82) is 0 Å². The molecule has 0 fully saturated rings. The zero-order valence-corrected chi connectivity index (χ0v) is 22.4. The summed E-state index contributed by atoms with van der Waals surface area (Å²) < 4.78 is 27.2. The molecule has 0 saturated carbocycles. The summed E-state index contributed by atoms with van der Waals surface area (Å²) >= 11 is 3.39. The summed E-state index contributed by atoms with van der Waals surface area (Å²) in [5.74, 6) is -1.13. The van der Waals surface area contributed by atoms with Crippen molar-refractivity contribution in [3.8, 4) is 0 Å². The van der Waals surface area contributed by atoms with Crippen LogP contribution in [0.2, 0.25) is 0 Å². The van der Waals surface area contributed by atoms with Crippen molar-refractivity contribution in [3.63, 3.8) is 0 Å². The third-order valence-electron chi connectivity index (χ3n) is 6.10. The second kappa shape index (κ2) is 11.3. The average molecular weight is 565 g/mol. The minimum atomic E-state index is -3.92. The highest BCUT2D eigenvalue weighted by molar-refractivity contribution is 9.10. The Morgan fingerprint density at radius 1 is 1.09 bits per heavy atom. The predicted octanol–water partition coefficient (Wildman–Crippen LogP) is 3.71. The molecule has 0 bridgehead atoms. The van der Waals surface area contributed by atoms with Crippen LogP contribution >= 0.6 is 15.9 Å². The van der Waals surface area contributed by atoms with Crippen molar-refractivity contribution < 1.29 is 22.8 Å². The molecule has 188 valence electrons. The van der Waals surface area contributed by atoms with Crippen LogP contribution in [0.1, 0.15) is 56.0 Å².